The van der Waals surface area contributed by atoms with E-state index in [0.717, 1.165) is 17.1 Å². The number of carbonyl (C=O) groups is 2. The first-order valence-corrected chi connectivity index (χ1v) is 9.47. The summed E-state index contributed by atoms with van der Waals surface area (Å²) in [6.45, 7) is 1.48. The van der Waals surface area contributed by atoms with Crippen LogP contribution in [-0.4, -0.2) is 27.5 Å². The Bertz CT molecular complexity index is 1210. The Morgan fingerprint density at radius 2 is 1.88 bits per heavy atom. The SMILES string of the molecule is CC1=NN(c2cccc(C(F)(F)F)c2)C(=O)C1C(=O)Nc1cccc(-c2cnccn2)c1. The minimum absolute atomic E-state index is 0.0656. The molecule has 0 aliphatic carbocycles. The van der Waals surface area contributed by atoms with Crippen LogP contribution in [-0.2, 0) is 15.8 Å². The highest BCUT2D eigenvalue weighted by atomic mass is 19.4. The molecule has 1 aliphatic heterocycles. The van der Waals surface area contributed by atoms with Crippen molar-refractivity contribution in [2.75, 3.05) is 10.3 Å². The molecule has 10 heteroatoms. The van der Waals surface area contributed by atoms with Crippen molar-refractivity contribution in [2.45, 2.75) is 13.1 Å². The molecule has 1 atom stereocenters. The van der Waals surface area contributed by atoms with Crippen molar-refractivity contribution in [2.24, 2.45) is 11.0 Å². The van der Waals surface area contributed by atoms with Crippen LogP contribution in [0.15, 0.2) is 72.2 Å². The molecule has 1 aromatic heterocycles. The van der Waals surface area contributed by atoms with Gasteiger partial charge in [-0.05, 0) is 37.3 Å². The second kappa shape index (κ2) is 8.22. The van der Waals surface area contributed by atoms with Gasteiger partial charge in [-0.2, -0.15) is 23.3 Å². The van der Waals surface area contributed by atoms with Gasteiger partial charge in [-0.25, -0.2) is 0 Å². The van der Waals surface area contributed by atoms with Crippen LogP contribution in [0.3, 0.4) is 0 Å². The summed E-state index contributed by atoms with van der Waals surface area (Å²) in [6.07, 6.45) is 0.0900. The number of carbonyl (C=O) groups excluding carboxylic acids is 2. The van der Waals surface area contributed by atoms with E-state index in [1.54, 1.807) is 42.9 Å². The van der Waals surface area contributed by atoms with E-state index >= 15 is 0 Å². The molecule has 0 fully saturated rings. The maximum Gasteiger partial charge on any atom is 0.416 e. The van der Waals surface area contributed by atoms with Gasteiger partial charge < -0.3 is 5.32 Å². The lowest BCUT2D eigenvalue weighted by molar-refractivity contribution is -0.137. The van der Waals surface area contributed by atoms with Crippen molar-refractivity contribution in [3.05, 3.63) is 72.7 Å². The Morgan fingerprint density at radius 3 is 2.59 bits per heavy atom. The molecule has 7 nitrogen and oxygen atoms in total. The van der Waals surface area contributed by atoms with E-state index < -0.39 is 29.5 Å². The maximum absolute atomic E-state index is 13.0. The van der Waals surface area contributed by atoms with Gasteiger partial charge in [0.2, 0.25) is 5.91 Å². The number of aromatic nitrogens is 2. The minimum atomic E-state index is -4.57. The minimum Gasteiger partial charge on any atom is -0.325 e. The lowest BCUT2D eigenvalue weighted by Crippen LogP contribution is -2.36. The van der Waals surface area contributed by atoms with Crippen LogP contribution in [0.5, 0.6) is 0 Å². The lowest BCUT2D eigenvalue weighted by atomic mass is 10.0. The fourth-order valence-corrected chi connectivity index (χ4v) is 3.29. The Morgan fingerprint density at radius 1 is 1.09 bits per heavy atom. The van der Waals surface area contributed by atoms with Gasteiger partial charge in [-0.15, -0.1) is 0 Å². The van der Waals surface area contributed by atoms with Gasteiger partial charge in [0.25, 0.3) is 5.91 Å². The molecule has 4 rings (SSSR count). The average Bonchev–Trinajstić information content (AvgIpc) is 3.08. The second-order valence-corrected chi connectivity index (χ2v) is 7.03. The number of hydrazone groups is 1. The molecule has 0 saturated carbocycles. The molecular formula is C22H16F3N5O2. The van der Waals surface area contributed by atoms with E-state index in [0.29, 0.717) is 16.9 Å². The molecule has 2 aromatic carbocycles. The summed E-state index contributed by atoms with van der Waals surface area (Å²) in [4.78, 5) is 33.9. The standard InChI is InChI=1S/C22H16F3N5O2/c1-13-19(21(32)30(29-13)17-7-3-5-15(11-17)22(23,24)25)20(31)28-16-6-2-4-14(10-16)18-12-26-8-9-27-18/h2-12,19H,1H3,(H,28,31). The Kier molecular flexibility index (Phi) is 5.43. The van der Waals surface area contributed by atoms with Crippen LogP contribution in [0.4, 0.5) is 24.5 Å². The molecule has 0 spiro atoms. The predicted octanol–water partition coefficient (Wildman–Crippen LogP) is 4.14. The number of halogens is 3. The summed E-state index contributed by atoms with van der Waals surface area (Å²) >= 11 is 0. The largest absolute Gasteiger partial charge is 0.416 e. The van der Waals surface area contributed by atoms with E-state index in [1.807, 2.05) is 0 Å². The normalized spacial score (nSPS) is 16.1. The third-order valence-corrected chi connectivity index (χ3v) is 4.80. The van der Waals surface area contributed by atoms with E-state index in [9.17, 15) is 22.8 Å². The van der Waals surface area contributed by atoms with Gasteiger partial charge in [-0.1, -0.05) is 18.2 Å². The van der Waals surface area contributed by atoms with E-state index in [4.69, 9.17) is 0 Å². The molecule has 1 N–H and O–H groups in total. The van der Waals surface area contributed by atoms with E-state index in [-0.39, 0.29) is 11.4 Å². The molecule has 0 saturated heterocycles. The summed E-state index contributed by atoms with van der Waals surface area (Å²) in [5.41, 5.74) is 0.943. The van der Waals surface area contributed by atoms with Crippen LogP contribution < -0.4 is 10.3 Å². The molecule has 2 amide bonds. The Balaban J connectivity index is 1.54. The number of hydrogen-bond donors (Lipinski definition) is 1. The molecule has 2 heterocycles. The van der Waals surface area contributed by atoms with Gasteiger partial charge >= 0.3 is 6.18 Å². The molecule has 3 aromatic rings. The molecule has 1 aliphatic rings. The third-order valence-electron chi connectivity index (χ3n) is 4.80. The number of anilines is 2. The van der Waals surface area contributed by atoms with Crippen molar-refractivity contribution in [3.8, 4) is 11.3 Å². The number of nitrogens with zero attached hydrogens (tertiary/aromatic N) is 4. The topological polar surface area (TPSA) is 87.5 Å². The molecule has 1 unspecified atom stereocenters. The third kappa shape index (κ3) is 4.20. The number of nitrogens with one attached hydrogen (secondary N) is 1. The first-order valence-electron chi connectivity index (χ1n) is 9.47. The highest BCUT2D eigenvalue weighted by molar-refractivity contribution is 6.28. The fourth-order valence-electron chi connectivity index (χ4n) is 3.29. The van der Waals surface area contributed by atoms with Gasteiger partial charge in [0.05, 0.1) is 28.9 Å². The summed E-state index contributed by atoms with van der Waals surface area (Å²) < 4.78 is 39.1. The smallest absolute Gasteiger partial charge is 0.325 e. The molecule has 162 valence electrons. The molecule has 0 bridgehead atoms. The number of amides is 2. The second-order valence-electron chi connectivity index (χ2n) is 7.03. The van der Waals surface area contributed by atoms with Crippen LogP contribution in [0.1, 0.15) is 12.5 Å². The van der Waals surface area contributed by atoms with E-state index in [2.05, 4.69) is 20.4 Å². The van der Waals surface area contributed by atoms with Gasteiger partial charge in [-0.3, -0.25) is 19.6 Å². The van der Waals surface area contributed by atoms with Gasteiger partial charge in [0.1, 0.15) is 0 Å². The number of alkyl halides is 3. The maximum atomic E-state index is 13.0. The quantitative estimate of drug-likeness (QED) is 0.619. The molecular weight excluding hydrogens is 423 g/mol. The van der Waals surface area contributed by atoms with Crippen molar-refractivity contribution in [1.29, 1.82) is 0 Å². The summed E-state index contributed by atoms with van der Waals surface area (Å²) in [5, 5.41) is 7.52. The summed E-state index contributed by atoms with van der Waals surface area (Å²) in [7, 11) is 0. The zero-order chi connectivity index (χ0) is 22.9. The zero-order valence-corrected chi connectivity index (χ0v) is 16.7. The molecule has 0 radical (unpaired) electrons. The fraction of sp³-hybridized carbons (Fsp3) is 0.136. The van der Waals surface area contributed by atoms with Crippen LogP contribution in [0, 0.1) is 5.92 Å². The summed E-state index contributed by atoms with van der Waals surface area (Å²) in [6, 6.07) is 11.1. The predicted molar refractivity (Wildman–Crippen MR) is 112 cm³/mol. The number of hydrogen-bond acceptors (Lipinski definition) is 5. The van der Waals surface area contributed by atoms with Crippen LogP contribution in [0.2, 0.25) is 0 Å². The lowest BCUT2D eigenvalue weighted by Gasteiger charge is -2.16. The average molecular weight is 439 g/mol. The first-order chi connectivity index (χ1) is 15.2. The Labute approximate surface area is 180 Å². The zero-order valence-electron chi connectivity index (χ0n) is 16.7. The number of rotatable bonds is 4. The Hall–Kier alpha value is -4.08. The van der Waals surface area contributed by atoms with Gasteiger partial charge in [0.15, 0.2) is 5.92 Å². The van der Waals surface area contributed by atoms with Crippen molar-refractivity contribution >= 4 is 28.9 Å². The van der Waals surface area contributed by atoms with Crippen LogP contribution >= 0.6 is 0 Å². The van der Waals surface area contributed by atoms with Crippen LogP contribution in [0.25, 0.3) is 11.3 Å². The van der Waals surface area contributed by atoms with Crippen molar-refractivity contribution < 1.29 is 22.8 Å². The number of benzene rings is 2. The van der Waals surface area contributed by atoms with Crippen molar-refractivity contribution in [3.63, 3.8) is 0 Å². The monoisotopic (exact) mass is 439 g/mol. The van der Waals surface area contributed by atoms with E-state index in [1.165, 1.54) is 19.1 Å². The molecule has 32 heavy (non-hydrogen) atoms. The van der Waals surface area contributed by atoms with Crippen molar-refractivity contribution in [1.82, 2.24) is 9.97 Å². The highest BCUT2D eigenvalue weighted by Gasteiger charge is 2.40. The first kappa shape index (κ1) is 21.2. The van der Waals surface area contributed by atoms with Gasteiger partial charge in [0, 0.05) is 23.6 Å². The summed E-state index contributed by atoms with van der Waals surface area (Å²) in [5.74, 6) is -2.63. The highest BCUT2D eigenvalue weighted by Crippen LogP contribution is 2.33.